The molecule has 2 amide bonds. The van der Waals surface area contributed by atoms with Crippen LogP contribution in [-0.4, -0.2) is 43.6 Å². The van der Waals surface area contributed by atoms with Gasteiger partial charge in [-0.15, -0.1) is 0 Å². The minimum absolute atomic E-state index is 0.159. The molecule has 0 saturated heterocycles. The molecule has 0 spiro atoms. The van der Waals surface area contributed by atoms with Crippen molar-refractivity contribution in [2.24, 2.45) is 0 Å². The Balaban J connectivity index is 1.69. The predicted molar refractivity (Wildman–Crippen MR) is 82.8 cm³/mol. The SMILES string of the molecule is COc1cc(CCC(=O)N2CCC=CC2=O)cc2c1OCCO2. The van der Waals surface area contributed by atoms with E-state index in [1.807, 2.05) is 12.1 Å². The zero-order valence-corrected chi connectivity index (χ0v) is 13.0. The van der Waals surface area contributed by atoms with Crippen molar-refractivity contribution in [2.75, 3.05) is 26.9 Å². The van der Waals surface area contributed by atoms with Crippen LogP contribution >= 0.6 is 0 Å². The Labute approximate surface area is 134 Å². The number of carbonyl (C=O) groups excluding carboxylic acids is 2. The minimum Gasteiger partial charge on any atom is -0.493 e. The quantitative estimate of drug-likeness (QED) is 0.846. The number of nitrogens with zero attached hydrogens (tertiary/aromatic N) is 1. The number of benzene rings is 1. The number of fused-ring (bicyclic) bond motifs is 1. The molecule has 0 aromatic heterocycles. The number of aryl methyl sites for hydroxylation is 1. The van der Waals surface area contributed by atoms with E-state index in [0.29, 0.717) is 43.4 Å². The number of rotatable bonds is 4. The molecule has 1 aromatic rings. The monoisotopic (exact) mass is 317 g/mol. The van der Waals surface area contributed by atoms with Crippen molar-refractivity contribution in [1.29, 1.82) is 0 Å². The average molecular weight is 317 g/mol. The molecule has 122 valence electrons. The van der Waals surface area contributed by atoms with Crippen molar-refractivity contribution in [3.8, 4) is 17.2 Å². The standard InChI is InChI=1S/C17H19NO5/c1-21-13-10-12(11-14-17(13)23-9-8-22-14)5-6-16(20)18-7-3-2-4-15(18)19/h2,4,10-11H,3,5-9H2,1H3. The number of amides is 2. The summed E-state index contributed by atoms with van der Waals surface area (Å²) in [4.78, 5) is 25.2. The van der Waals surface area contributed by atoms with Crippen LogP contribution in [0.15, 0.2) is 24.3 Å². The summed E-state index contributed by atoms with van der Waals surface area (Å²) in [6.07, 6.45) is 4.74. The summed E-state index contributed by atoms with van der Waals surface area (Å²) in [6, 6.07) is 3.71. The molecule has 2 aliphatic heterocycles. The molecule has 0 aliphatic carbocycles. The highest BCUT2D eigenvalue weighted by atomic mass is 16.6. The first kappa shape index (κ1) is 15.4. The van der Waals surface area contributed by atoms with Gasteiger partial charge in [0.05, 0.1) is 7.11 Å². The lowest BCUT2D eigenvalue weighted by Gasteiger charge is -2.23. The molecular weight excluding hydrogens is 298 g/mol. The third-order valence-corrected chi connectivity index (χ3v) is 3.86. The average Bonchev–Trinajstić information content (AvgIpc) is 2.59. The second kappa shape index (κ2) is 6.73. The minimum atomic E-state index is -0.235. The van der Waals surface area contributed by atoms with Gasteiger partial charge in [0.1, 0.15) is 13.2 Å². The zero-order valence-electron chi connectivity index (χ0n) is 13.0. The molecule has 6 heteroatoms. The summed E-state index contributed by atoms with van der Waals surface area (Å²) in [5.41, 5.74) is 0.916. The summed E-state index contributed by atoms with van der Waals surface area (Å²) in [5, 5.41) is 0. The largest absolute Gasteiger partial charge is 0.493 e. The van der Waals surface area contributed by atoms with E-state index < -0.39 is 0 Å². The van der Waals surface area contributed by atoms with Crippen LogP contribution in [0.3, 0.4) is 0 Å². The highest BCUT2D eigenvalue weighted by molar-refractivity contribution is 6.01. The molecule has 3 rings (SSSR count). The fourth-order valence-electron chi connectivity index (χ4n) is 2.69. The van der Waals surface area contributed by atoms with Gasteiger partial charge in [0, 0.05) is 13.0 Å². The van der Waals surface area contributed by atoms with E-state index in [-0.39, 0.29) is 18.2 Å². The first-order valence-electron chi connectivity index (χ1n) is 7.66. The van der Waals surface area contributed by atoms with E-state index in [1.165, 1.54) is 11.0 Å². The Morgan fingerprint density at radius 3 is 2.91 bits per heavy atom. The van der Waals surface area contributed by atoms with E-state index in [0.717, 1.165) is 12.0 Å². The van der Waals surface area contributed by atoms with E-state index in [2.05, 4.69) is 0 Å². The number of hydrogen-bond donors (Lipinski definition) is 0. The summed E-state index contributed by atoms with van der Waals surface area (Å²) in [6.45, 7) is 1.44. The number of ether oxygens (including phenoxy) is 3. The number of methoxy groups -OCH3 is 1. The first-order chi connectivity index (χ1) is 11.2. The van der Waals surface area contributed by atoms with Crippen LogP contribution in [-0.2, 0) is 16.0 Å². The third kappa shape index (κ3) is 3.31. The predicted octanol–water partition coefficient (Wildman–Crippen LogP) is 1.71. The normalized spacial score (nSPS) is 16.4. The van der Waals surface area contributed by atoms with Crippen molar-refractivity contribution >= 4 is 11.8 Å². The van der Waals surface area contributed by atoms with E-state index in [9.17, 15) is 9.59 Å². The van der Waals surface area contributed by atoms with Crippen LogP contribution < -0.4 is 14.2 Å². The molecule has 6 nitrogen and oxygen atoms in total. The summed E-state index contributed by atoms with van der Waals surface area (Å²) in [5.74, 6) is 1.44. The Bertz CT molecular complexity index is 635. The maximum absolute atomic E-state index is 12.2. The lowest BCUT2D eigenvalue weighted by Crippen LogP contribution is -2.38. The van der Waals surface area contributed by atoms with E-state index >= 15 is 0 Å². The summed E-state index contributed by atoms with van der Waals surface area (Å²) in [7, 11) is 1.57. The molecule has 2 heterocycles. The maximum Gasteiger partial charge on any atom is 0.252 e. The number of imide groups is 1. The van der Waals surface area contributed by atoms with Crippen LogP contribution in [0, 0.1) is 0 Å². The van der Waals surface area contributed by atoms with Crippen molar-refractivity contribution in [3.63, 3.8) is 0 Å². The second-order valence-corrected chi connectivity index (χ2v) is 5.40. The van der Waals surface area contributed by atoms with Gasteiger partial charge in [-0.05, 0) is 36.6 Å². The molecule has 0 unspecified atom stereocenters. The van der Waals surface area contributed by atoms with E-state index in [1.54, 1.807) is 13.2 Å². The molecule has 0 N–H and O–H groups in total. The van der Waals surface area contributed by atoms with Gasteiger partial charge in [0.2, 0.25) is 11.7 Å². The summed E-state index contributed by atoms with van der Waals surface area (Å²) >= 11 is 0. The first-order valence-corrected chi connectivity index (χ1v) is 7.66. The van der Waals surface area contributed by atoms with Gasteiger partial charge in [-0.1, -0.05) is 6.08 Å². The lowest BCUT2D eigenvalue weighted by atomic mass is 10.1. The molecule has 2 aliphatic rings. The lowest BCUT2D eigenvalue weighted by molar-refractivity contribution is -0.142. The van der Waals surface area contributed by atoms with Gasteiger partial charge in [-0.2, -0.15) is 0 Å². The number of carbonyl (C=O) groups is 2. The Hall–Kier alpha value is -2.50. The van der Waals surface area contributed by atoms with Gasteiger partial charge >= 0.3 is 0 Å². The molecule has 0 saturated carbocycles. The topological polar surface area (TPSA) is 65.1 Å². The van der Waals surface area contributed by atoms with Gasteiger partial charge in [-0.3, -0.25) is 14.5 Å². The van der Waals surface area contributed by atoms with Crippen LogP contribution in [0.2, 0.25) is 0 Å². The van der Waals surface area contributed by atoms with Gasteiger partial charge in [0.15, 0.2) is 11.5 Å². The fraction of sp³-hybridized carbons (Fsp3) is 0.412. The van der Waals surface area contributed by atoms with Gasteiger partial charge < -0.3 is 14.2 Å². The highest BCUT2D eigenvalue weighted by Gasteiger charge is 2.22. The molecule has 0 radical (unpaired) electrons. The molecular formula is C17H19NO5. The smallest absolute Gasteiger partial charge is 0.252 e. The van der Waals surface area contributed by atoms with Crippen LogP contribution in [0.5, 0.6) is 17.2 Å². The molecule has 0 bridgehead atoms. The number of hydrogen-bond acceptors (Lipinski definition) is 5. The van der Waals surface area contributed by atoms with Crippen LogP contribution in [0.1, 0.15) is 18.4 Å². The fourth-order valence-corrected chi connectivity index (χ4v) is 2.69. The van der Waals surface area contributed by atoms with Crippen LogP contribution in [0.25, 0.3) is 0 Å². The van der Waals surface area contributed by atoms with Crippen molar-refractivity contribution < 1.29 is 23.8 Å². The van der Waals surface area contributed by atoms with Gasteiger partial charge in [0.25, 0.3) is 5.91 Å². The van der Waals surface area contributed by atoms with Crippen molar-refractivity contribution in [1.82, 2.24) is 4.90 Å². The van der Waals surface area contributed by atoms with Gasteiger partial charge in [-0.25, -0.2) is 0 Å². The maximum atomic E-state index is 12.2. The van der Waals surface area contributed by atoms with Crippen molar-refractivity contribution in [2.45, 2.75) is 19.3 Å². The third-order valence-electron chi connectivity index (χ3n) is 3.86. The van der Waals surface area contributed by atoms with Crippen LogP contribution in [0.4, 0.5) is 0 Å². The Morgan fingerprint density at radius 2 is 2.13 bits per heavy atom. The zero-order chi connectivity index (χ0) is 16.2. The molecule has 23 heavy (non-hydrogen) atoms. The van der Waals surface area contributed by atoms with E-state index in [4.69, 9.17) is 14.2 Å². The molecule has 0 atom stereocenters. The Morgan fingerprint density at radius 1 is 1.30 bits per heavy atom. The molecule has 0 fully saturated rings. The summed E-state index contributed by atoms with van der Waals surface area (Å²) < 4.78 is 16.5. The molecule has 1 aromatic carbocycles. The highest BCUT2D eigenvalue weighted by Crippen LogP contribution is 2.40. The van der Waals surface area contributed by atoms with Crippen molar-refractivity contribution in [3.05, 3.63) is 29.8 Å². The Kier molecular flexibility index (Phi) is 4.50. The second-order valence-electron chi connectivity index (χ2n) is 5.40.